The van der Waals surface area contributed by atoms with Crippen LogP contribution in [0.3, 0.4) is 0 Å². The summed E-state index contributed by atoms with van der Waals surface area (Å²) in [6.07, 6.45) is 9.35. The third kappa shape index (κ3) is 7.25. The Morgan fingerprint density at radius 1 is 1.07 bits per heavy atom. The van der Waals surface area contributed by atoms with Crippen molar-refractivity contribution in [3.63, 3.8) is 0 Å². The summed E-state index contributed by atoms with van der Waals surface area (Å²) >= 11 is 0. The number of hydrogen-bond donors (Lipinski definition) is 3. The van der Waals surface area contributed by atoms with Crippen molar-refractivity contribution in [1.29, 1.82) is 0 Å². The van der Waals surface area contributed by atoms with Crippen molar-refractivity contribution in [3.05, 3.63) is 29.4 Å². The third-order valence-electron chi connectivity index (χ3n) is 10.2. The molecule has 3 aliphatic heterocycles. The molecule has 1 aromatic rings. The van der Waals surface area contributed by atoms with Crippen LogP contribution < -0.4 is 21.3 Å². The maximum atomic E-state index is 15.1. The molecule has 5 rings (SSSR count). The molecule has 0 bridgehead atoms. The van der Waals surface area contributed by atoms with Crippen molar-refractivity contribution < 1.29 is 14.0 Å². The molecule has 2 atom stereocenters. The molecule has 1 aromatic heterocycles. The summed E-state index contributed by atoms with van der Waals surface area (Å²) in [6.45, 7) is 10.9. The van der Waals surface area contributed by atoms with Crippen LogP contribution in [0.15, 0.2) is 28.8 Å². The Morgan fingerprint density at radius 3 is 2.43 bits per heavy atom. The molecule has 11 heteroatoms. The first-order chi connectivity index (χ1) is 21.1. The Kier molecular flexibility index (Phi) is 10.2. The number of nitrogens with two attached hydrogens (primary N) is 1. The number of alkyl halides is 1. The molecule has 4 aliphatic rings. The molecule has 242 valence electrons. The number of piperidine rings is 1. The summed E-state index contributed by atoms with van der Waals surface area (Å²) in [6, 6.07) is -0.493. The molecule has 1 aliphatic carbocycles. The number of aromatic nitrogens is 1. The molecule has 4 N–H and O–H groups in total. The number of piperazine rings is 1. The number of halogens is 1. The lowest BCUT2D eigenvalue weighted by Crippen LogP contribution is -2.50. The van der Waals surface area contributed by atoms with Gasteiger partial charge in [-0.1, -0.05) is 26.2 Å². The monoisotopic (exact) mass is 610 g/mol. The Hall–Kier alpha value is -3.05. The molecule has 4 heterocycles. The van der Waals surface area contributed by atoms with Gasteiger partial charge in [-0.2, -0.15) is 0 Å². The molecule has 2 unspecified atom stereocenters. The van der Waals surface area contributed by atoms with E-state index >= 15 is 4.39 Å². The summed E-state index contributed by atoms with van der Waals surface area (Å²) < 4.78 is 15.1. The number of carbonyl (C=O) groups excluding carboxylic acids is 2. The van der Waals surface area contributed by atoms with Gasteiger partial charge < -0.3 is 31.1 Å². The molecule has 0 spiro atoms. The van der Waals surface area contributed by atoms with E-state index in [0.717, 1.165) is 81.7 Å². The number of aliphatic imine (C=N–C) groups is 1. The second kappa shape index (κ2) is 13.9. The first-order valence-electron chi connectivity index (χ1n) is 16.5. The van der Waals surface area contributed by atoms with Crippen LogP contribution in [0.4, 0.5) is 15.8 Å². The number of pyridine rings is 1. The van der Waals surface area contributed by atoms with Gasteiger partial charge in [0.1, 0.15) is 12.0 Å². The lowest BCUT2D eigenvalue weighted by atomic mass is 9.71. The second-order valence-corrected chi connectivity index (χ2v) is 13.6. The Balaban J connectivity index is 1.34. The third-order valence-corrected chi connectivity index (χ3v) is 10.2. The molecule has 0 aromatic carbocycles. The highest BCUT2D eigenvalue weighted by Crippen LogP contribution is 2.39. The highest BCUT2D eigenvalue weighted by Gasteiger charge is 2.36. The van der Waals surface area contributed by atoms with Crippen LogP contribution in [0.5, 0.6) is 0 Å². The molecule has 2 amide bonds. The number of likely N-dealkylation sites (N-methyl/N-ethyl adjacent to an activating group) is 1. The van der Waals surface area contributed by atoms with E-state index < -0.39 is 12.2 Å². The van der Waals surface area contributed by atoms with Crippen molar-refractivity contribution in [2.45, 2.75) is 84.4 Å². The number of rotatable bonds is 5. The lowest BCUT2D eigenvalue weighted by molar-refractivity contribution is -0.137. The zero-order valence-corrected chi connectivity index (χ0v) is 27.0. The van der Waals surface area contributed by atoms with E-state index in [4.69, 9.17) is 10.7 Å². The van der Waals surface area contributed by atoms with Crippen LogP contribution in [-0.2, 0) is 9.59 Å². The van der Waals surface area contributed by atoms with Gasteiger partial charge in [0.2, 0.25) is 5.91 Å². The van der Waals surface area contributed by atoms with E-state index in [1.165, 1.54) is 6.42 Å². The van der Waals surface area contributed by atoms with E-state index in [-0.39, 0.29) is 41.9 Å². The summed E-state index contributed by atoms with van der Waals surface area (Å²) in [5.41, 5.74) is 9.89. The zero-order chi connectivity index (χ0) is 31.4. The first-order valence-corrected chi connectivity index (χ1v) is 16.5. The average molecular weight is 611 g/mol. The fourth-order valence-corrected chi connectivity index (χ4v) is 7.37. The SMILES string of the molecule is Cc1cncc(NC(=O)/C2=C(\N)N=C(C3(C)CCCCC3)CC(F)CNC2C)c1N1CCC(C(=O)N2CCN(C)CC2)CC1. The van der Waals surface area contributed by atoms with E-state index in [0.29, 0.717) is 24.4 Å². The minimum absolute atomic E-state index is 0.0167. The Bertz CT molecular complexity index is 1260. The van der Waals surface area contributed by atoms with Gasteiger partial charge in [0.25, 0.3) is 5.91 Å². The van der Waals surface area contributed by atoms with Crippen LogP contribution in [0, 0.1) is 18.3 Å². The summed E-state index contributed by atoms with van der Waals surface area (Å²) in [5, 5.41) is 6.27. The van der Waals surface area contributed by atoms with Gasteiger partial charge in [-0.15, -0.1) is 0 Å². The van der Waals surface area contributed by atoms with Gasteiger partial charge in [0, 0.05) is 81.5 Å². The highest BCUT2D eigenvalue weighted by molar-refractivity contribution is 6.07. The second-order valence-electron chi connectivity index (χ2n) is 13.6. The van der Waals surface area contributed by atoms with Crippen LogP contribution in [0.25, 0.3) is 0 Å². The van der Waals surface area contributed by atoms with E-state index in [9.17, 15) is 9.59 Å². The number of amides is 2. The Morgan fingerprint density at radius 2 is 1.75 bits per heavy atom. The fourth-order valence-electron chi connectivity index (χ4n) is 7.37. The molecule has 3 fully saturated rings. The standard InChI is InChI=1S/C33H51FN8O2/c1-22-19-36-21-26(29(22)41-12-8-24(9-13-41)32(44)42-16-14-40(4)15-17-42)38-31(43)28-23(2)37-20-25(34)18-27(39-30(28)35)33(3)10-6-5-7-11-33/h19,21,23-25,37H,5-18,20,35H2,1-4H3,(H,38,43)/b30-28+,39-27?. The molecule has 0 radical (unpaired) electrons. The zero-order valence-electron chi connectivity index (χ0n) is 27.0. The molecule has 44 heavy (non-hydrogen) atoms. The van der Waals surface area contributed by atoms with E-state index in [1.54, 1.807) is 12.4 Å². The van der Waals surface area contributed by atoms with E-state index in [1.807, 2.05) is 18.7 Å². The van der Waals surface area contributed by atoms with Crippen molar-refractivity contribution in [3.8, 4) is 0 Å². The molecule has 1 saturated carbocycles. The van der Waals surface area contributed by atoms with E-state index in [2.05, 4.69) is 39.4 Å². The number of carbonyl (C=O) groups is 2. The van der Waals surface area contributed by atoms with Crippen molar-refractivity contribution >= 4 is 28.9 Å². The van der Waals surface area contributed by atoms with Crippen LogP contribution in [0.2, 0.25) is 0 Å². The smallest absolute Gasteiger partial charge is 0.257 e. The minimum Gasteiger partial charge on any atom is -0.383 e. The normalized spacial score (nSPS) is 27.6. The first kappa shape index (κ1) is 32.3. The molecular formula is C33H51FN8O2. The highest BCUT2D eigenvalue weighted by atomic mass is 19.1. The fraction of sp³-hybridized carbons (Fsp3) is 0.697. The van der Waals surface area contributed by atoms with Crippen molar-refractivity contribution in [1.82, 2.24) is 20.1 Å². The number of aryl methyl sites for hydroxylation is 1. The quantitative estimate of drug-likeness (QED) is 0.466. The maximum absolute atomic E-state index is 15.1. The summed E-state index contributed by atoms with van der Waals surface area (Å²) in [4.78, 5) is 42.9. The lowest BCUT2D eigenvalue weighted by Gasteiger charge is -2.39. The predicted octanol–water partition coefficient (Wildman–Crippen LogP) is 3.62. The summed E-state index contributed by atoms with van der Waals surface area (Å²) in [7, 11) is 2.09. The molecule has 2 saturated heterocycles. The van der Waals surface area contributed by atoms with Crippen LogP contribution in [0.1, 0.15) is 70.8 Å². The predicted molar refractivity (Wildman–Crippen MR) is 173 cm³/mol. The summed E-state index contributed by atoms with van der Waals surface area (Å²) in [5.74, 6) is 0.0524. The van der Waals surface area contributed by atoms with Gasteiger partial charge in [-0.25, -0.2) is 9.38 Å². The number of anilines is 2. The average Bonchev–Trinajstić information content (AvgIpc) is 3.05. The van der Waals surface area contributed by atoms with Crippen LogP contribution >= 0.6 is 0 Å². The Labute approximate surface area is 261 Å². The molecule has 10 nitrogen and oxygen atoms in total. The van der Waals surface area contributed by atoms with Gasteiger partial charge in [0.05, 0.1) is 23.1 Å². The molecular weight excluding hydrogens is 559 g/mol. The maximum Gasteiger partial charge on any atom is 0.257 e. The number of nitrogens with zero attached hydrogens (tertiary/aromatic N) is 5. The number of hydrogen-bond acceptors (Lipinski definition) is 8. The largest absolute Gasteiger partial charge is 0.383 e. The van der Waals surface area contributed by atoms with Gasteiger partial charge in [0.15, 0.2) is 0 Å². The van der Waals surface area contributed by atoms with Gasteiger partial charge in [-0.3, -0.25) is 14.6 Å². The van der Waals surface area contributed by atoms with Crippen molar-refractivity contribution in [2.75, 3.05) is 63.1 Å². The number of nitrogens with one attached hydrogen (secondary N) is 2. The van der Waals surface area contributed by atoms with Gasteiger partial charge >= 0.3 is 0 Å². The van der Waals surface area contributed by atoms with Crippen LogP contribution in [-0.4, -0.2) is 97.4 Å². The van der Waals surface area contributed by atoms with Gasteiger partial charge in [-0.05, 0) is 52.1 Å². The minimum atomic E-state index is -1.11. The van der Waals surface area contributed by atoms with Crippen molar-refractivity contribution in [2.24, 2.45) is 22.1 Å². The topological polar surface area (TPSA) is 119 Å².